The zero-order valence-corrected chi connectivity index (χ0v) is 20.3. The standard InChI is InChI=1S/C27H23Cl2NO4/c1-3-32-20-14-12-19(13-15-20)26(17-27(26,28)29)25(31)34-24(16-30)22-10-7-11-23(18(22)2)33-21-8-5-4-6-9-21/h4-15,24H,3,17H2,1-2H3. The van der Waals surface area contributed by atoms with Gasteiger partial charge >= 0.3 is 5.97 Å². The highest BCUT2D eigenvalue weighted by Gasteiger charge is 2.73. The zero-order valence-electron chi connectivity index (χ0n) is 18.8. The molecule has 2 unspecified atom stereocenters. The number of benzene rings is 3. The van der Waals surface area contributed by atoms with E-state index in [-0.39, 0.29) is 6.42 Å². The van der Waals surface area contributed by atoms with Crippen LogP contribution in [0.3, 0.4) is 0 Å². The molecule has 1 aliphatic carbocycles. The average molecular weight is 496 g/mol. The Balaban J connectivity index is 1.59. The topological polar surface area (TPSA) is 68.5 Å². The van der Waals surface area contributed by atoms with E-state index in [1.807, 2.05) is 44.2 Å². The predicted octanol–water partition coefficient (Wildman–Crippen LogP) is 6.81. The first-order valence-corrected chi connectivity index (χ1v) is 11.6. The fourth-order valence-electron chi connectivity index (χ4n) is 3.95. The van der Waals surface area contributed by atoms with Crippen molar-refractivity contribution in [1.29, 1.82) is 5.26 Å². The van der Waals surface area contributed by atoms with Crippen molar-refractivity contribution in [3.63, 3.8) is 0 Å². The van der Waals surface area contributed by atoms with Gasteiger partial charge in [-0.3, -0.25) is 4.79 Å². The molecule has 0 spiro atoms. The summed E-state index contributed by atoms with van der Waals surface area (Å²) in [6, 6.07) is 23.7. The van der Waals surface area contributed by atoms with Gasteiger partial charge in [-0.05, 0) is 55.3 Å². The highest BCUT2D eigenvalue weighted by atomic mass is 35.5. The fourth-order valence-corrected chi connectivity index (χ4v) is 4.73. The number of esters is 1. The number of halogens is 2. The number of hydrogen-bond donors (Lipinski definition) is 0. The summed E-state index contributed by atoms with van der Waals surface area (Å²) in [6.07, 6.45) is -0.972. The van der Waals surface area contributed by atoms with Crippen molar-refractivity contribution in [2.24, 2.45) is 0 Å². The van der Waals surface area contributed by atoms with Gasteiger partial charge in [-0.1, -0.05) is 65.7 Å². The van der Waals surface area contributed by atoms with Gasteiger partial charge in [-0.2, -0.15) is 5.26 Å². The normalized spacial score (nSPS) is 18.9. The second-order valence-electron chi connectivity index (χ2n) is 8.04. The first kappa shape index (κ1) is 23.9. The molecule has 34 heavy (non-hydrogen) atoms. The summed E-state index contributed by atoms with van der Waals surface area (Å²) in [5.41, 5.74) is 0.573. The molecule has 1 fully saturated rings. The third-order valence-electron chi connectivity index (χ3n) is 5.91. The second-order valence-corrected chi connectivity index (χ2v) is 9.53. The van der Waals surface area contributed by atoms with Crippen molar-refractivity contribution in [3.05, 3.63) is 89.5 Å². The Hall–Kier alpha value is -3.20. The van der Waals surface area contributed by atoms with Gasteiger partial charge in [0.1, 0.15) is 33.1 Å². The van der Waals surface area contributed by atoms with Crippen LogP contribution in [0.25, 0.3) is 0 Å². The van der Waals surface area contributed by atoms with Crippen molar-refractivity contribution in [1.82, 2.24) is 0 Å². The molecule has 1 saturated carbocycles. The molecule has 0 saturated heterocycles. The smallest absolute Gasteiger partial charge is 0.321 e. The van der Waals surface area contributed by atoms with E-state index in [0.29, 0.717) is 40.5 Å². The van der Waals surface area contributed by atoms with Crippen LogP contribution >= 0.6 is 23.2 Å². The molecule has 5 nitrogen and oxygen atoms in total. The number of carbonyl (C=O) groups is 1. The number of carbonyl (C=O) groups excluding carboxylic acids is 1. The Kier molecular flexibility index (Phi) is 6.74. The van der Waals surface area contributed by atoms with Crippen LogP contribution in [-0.2, 0) is 14.9 Å². The molecule has 1 aliphatic rings. The largest absolute Gasteiger partial charge is 0.494 e. The summed E-state index contributed by atoms with van der Waals surface area (Å²) in [7, 11) is 0. The summed E-state index contributed by atoms with van der Waals surface area (Å²) in [5, 5.41) is 9.87. The Morgan fingerprint density at radius 3 is 2.29 bits per heavy atom. The van der Waals surface area contributed by atoms with Crippen LogP contribution < -0.4 is 9.47 Å². The lowest BCUT2D eigenvalue weighted by atomic mass is 9.95. The third kappa shape index (κ3) is 4.44. The summed E-state index contributed by atoms with van der Waals surface area (Å²) >= 11 is 12.9. The lowest BCUT2D eigenvalue weighted by Gasteiger charge is -2.21. The van der Waals surface area contributed by atoms with E-state index in [1.165, 1.54) is 0 Å². The number of nitriles is 1. The van der Waals surface area contributed by atoms with Gasteiger partial charge < -0.3 is 14.2 Å². The second kappa shape index (κ2) is 9.58. The Labute approximate surface area is 208 Å². The molecule has 2 atom stereocenters. The van der Waals surface area contributed by atoms with Crippen molar-refractivity contribution < 1.29 is 19.0 Å². The van der Waals surface area contributed by atoms with Gasteiger partial charge in [0, 0.05) is 12.0 Å². The number of hydrogen-bond acceptors (Lipinski definition) is 5. The number of alkyl halides is 2. The van der Waals surface area contributed by atoms with Crippen molar-refractivity contribution >= 4 is 29.2 Å². The highest BCUT2D eigenvalue weighted by Crippen LogP contribution is 2.65. The van der Waals surface area contributed by atoms with Crippen molar-refractivity contribution in [2.45, 2.75) is 36.1 Å². The van der Waals surface area contributed by atoms with E-state index in [9.17, 15) is 10.1 Å². The molecule has 0 aromatic heterocycles. The van der Waals surface area contributed by atoms with Gasteiger partial charge in [0.15, 0.2) is 0 Å². The van der Waals surface area contributed by atoms with Crippen molar-refractivity contribution in [2.75, 3.05) is 6.61 Å². The zero-order chi connectivity index (χ0) is 24.3. The molecule has 174 valence electrons. The van der Waals surface area contributed by atoms with Gasteiger partial charge in [0.05, 0.1) is 6.61 Å². The predicted molar refractivity (Wildman–Crippen MR) is 130 cm³/mol. The highest BCUT2D eigenvalue weighted by molar-refractivity contribution is 6.54. The molecule has 3 aromatic carbocycles. The first-order valence-electron chi connectivity index (χ1n) is 10.9. The van der Waals surface area contributed by atoms with E-state index in [0.717, 1.165) is 0 Å². The molecule has 0 amide bonds. The third-order valence-corrected chi connectivity index (χ3v) is 6.83. The Morgan fingerprint density at radius 2 is 1.71 bits per heavy atom. The maximum atomic E-state index is 13.4. The summed E-state index contributed by atoms with van der Waals surface area (Å²) in [6.45, 7) is 4.23. The van der Waals surface area contributed by atoms with Crippen LogP contribution in [-0.4, -0.2) is 16.9 Å². The molecular weight excluding hydrogens is 473 g/mol. The van der Waals surface area contributed by atoms with Crippen LogP contribution in [0.15, 0.2) is 72.8 Å². The minimum absolute atomic E-state index is 0.185. The number of rotatable bonds is 8. The van der Waals surface area contributed by atoms with Gasteiger partial charge in [-0.15, -0.1) is 0 Å². The van der Waals surface area contributed by atoms with Gasteiger partial charge in [0.25, 0.3) is 0 Å². The van der Waals surface area contributed by atoms with E-state index in [4.69, 9.17) is 37.4 Å². The van der Waals surface area contributed by atoms with E-state index >= 15 is 0 Å². The number of para-hydroxylation sites is 1. The van der Waals surface area contributed by atoms with Gasteiger partial charge in [-0.25, -0.2) is 0 Å². The molecular formula is C27H23Cl2NO4. The van der Waals surface area contributed by atoms with E-state index in [1.54, 1.807) is 42.5 Å². The summed E-state index contributed by atoms with van der Waals surface area (Å²) in [5.74, 6) is 1.25. The monoisotopic (exact) mass is 495 g/mol. The lowest BCUT2D eigenvalue weighted by molar-refractivity contribution is -0.150. The average Bonchev–Trinajstić information content (AvgIpc) is 3.43. The molecule has 0 heterocycles. The Bertz CT molecular complexity index is 1220. The molecule has 0 N–H and O–H groups in total. The van der Waals surface area contributed by atoms with E-state index < -0.39 is 21.8 Å². The van der Waals surface area contributed by atoms with Crippen LogP contribution in [0.4, 0.5) is 0 Å². The maximum Gasteiger partial charge on any atom is 0.321 e. The van der Waals surface area contributed by atoms with Gasteiger partial charge in [0.2, 0.25) is 6.10 Å². The molecule has 0 aliphatic heterocycles. The molecule has 7 heteroatoms. The lowest BCUT2D eigenvalue weighted by Crippen LogP contribution is -2.30. The first-order chi connectivity index (χ1) is 16.3. The minimum atomic E-state index is -1.33. The van der Waals surface area contributed by atoms with Crippen LogP contribution in [0.5, 0.6) is 17.2 Å². The quantitative estimate of drug-likeness (QED) is 0.253. The van der Waals surface area contributed by atoms with Crippen LogP contribution in [0.2, 0.25) is 0 Å². The van der Waals surface area contributed by atoms with Crippen LogP contribution in [0.1, 0.15) is 36.1 Å². The number of ether oxygens (including phenoxy) is 3. The Morgan fingerprint density at radius 1 is 1.03 bits per heavy atom. The number of nitrogens with zero attached hydrogens (tertiary/aromatic N) is 1. The molecule has 3 aromatic rings. The summed E-state index contributed by atoms with van der Waals surface area (Å²) < 4.78 is 15.8. The molecule has 0 radical (unpaired) electrons. The summed E-state index contributed by atoms with van der Waals surface area (Å²) in [4.78, 5) is 13.4. The molecule has 4 rings (SSSR count). The minimum Gasteiger partial charge on any atom is -0.494 e. The van der Waals surface area contributed by atoms with Crippen molar-refractivity contribution in [3.8, 4) is 23.3 Å². The van der Waals surface area contributed by atoms with Crippen LogP contribution in [0, 0.1) is 18.3 Å². The fraction of sp³-hybridized carbons (Fsp3) is 0.259. The van der Waals surface area contributed by atoms with E-state index in [2.05, 4.69) is 6.07 Å². The SMILES string of the molecule is CCOc1ccc(C2(C(=O)OC(C#N)c3cccc(Oc4ccccc4)c3C)CC2(Cl)Cl)cc1. The molecule has 0 bridgehead atoms. The maximum absolute atomic E-state index is 13.4.